The molecule has 7 nitrogen and oxygen atoms in total. The Kier molecular flexibility index (Phi) is 10.8. The summed E-state index contributed by atoms with van der Waals surface area (Å²) in [5.74, 6) is 2.96. The van der Waals surface area contributed by atoms with E-state index in [0.717, 1.165) is 56.6 Å². The predicted octanol–water partition coefficient (Wildman–Crippen LogP) is 2.08. The molecule has 1 aromatic rings. The highest BCUT2D eigenvalue weighted by atomic mass is 16.5. The van der Waals surface area contributed by atoms with Gasteiger partial charge < -0.3 is 29.9 Å². The molecule has 7 heteroatoms. The van der Waals surface area contributed by atoms with E-state index in [0.29, 0.717) is 5.92 Å². The second-order valence-electron chi connectivity index (χ2n) is 7.93. The van der Waals surface area contributed by atoms with Crippen LogP contribution in [0.15, 0.2) is 23.2 Å². The van der Waals surface area contributed by atoms with E-state index in [1.807, 2.05) is 12.1 Å². The molecule has 0 saturated carbocycles. The normalized spacial score (nSPS) is 16.9. The van der Waals surface area contributed by atoms with Crippen LogP contribution in [-0.4, -0.2) is 88.9 Å². The number of aliphatic imine (C=N–C) groups is 1. The van der Waals surface area contributed by atoms with E-state index >= 15 is 0 Å². The van der Waals surface area contributed by atoms with Crippen LogP contribution in [0.4, 0.5) is 0 Å². The SMILES string of the molecule is CCNC(=NCC(C)CN1CCN(CC)CC1)NCCc1ccc(OC)c(OC)c1. The lowest BCUT2D eigenvalue weighted by Crippen LogP contribution is -2.47. The highest BCUT2D eigenvalue weighted by Gasteiger charge is 2.17. The van der Waals surface area contributed by atoms with Gasteiger partial charge in [-0.25, -0.2) is 0 Å². The van der Waals surface area contributed by atoms with Crippen LogP contribution in [-0.2, 0) is 6.42 Å². The summed E-state index contributed by atoms with van der Waals surface area (Å²) >= 11 is 0. The van der Waals surface area contributed by atoms with Crippen molar-refractivity contribution in [3.05, 3.63) is 23.8 Å². The van der Waals surface area contributed by atoms with Crippen molar-refractivity contribution in [3.8, 4) is 11.5 Å². The molecule has 0 spiro atoms. The Balaban J connectivity index is 1.78. The number of guanidine groups is 1. The zero-order valence-corrected chi connectivity index (χ0v) is 19.5. The molecular formula is C23H41N5O2. The molecule has 1 fully saturated rings. The Morgan fingerprint density at radius 3 is 2.37 bits per heavy atom. The summed E-state index contributed by atoms with van der Waals surface area (Å²) in [5, 5.41) is 6.81. The summed E-state index contributed by atoms with van der Waals surface area (Å²) in [6.07, 6.45) is 0.891. The van der Waals surface area contributed by atoms with Gasteiger partial charge >= 0.3 is 0 Å². The lowest BCUT2D eigenvalue weighted by Gasteiger charge is -2.35. The summed E-state index contributed by atoms with van der Waals surface area (Å²) < 4.78 is 10.7. The topological polar surface area (TPSA) is 61.4 Å². The van der Waals surface area contributed by atoms with Gasteiger partial charge in [-0.2, -0.15) is 0 Å². The van der Waals surface area contributed by atoms with Crippen molar-refractivity contribution >= 4 is 5.96 Å². The van der Waals surface area contributed by atoms with Crippen LogP contribution in [0, 0.1) is 5.92 Å². The van der Waals surface area contributed by atoms with Gasteiger partial charge in [-0.15, -0.1) is 0 Å². The molecule has 0 aliphatic carbocycles. The van der Waals surface area contributed by atoms with Gasteiger partial charge in [0.25, 0.3) is 0 Å². The second kappa shape index (κ2) is 13.3. The van der Waals surface area contributed by atoms with Gasteiger partial charge in [-0.1, -0.05) is 19.9 Å². The fourth-order valence-electron chi connectivity index (χ4n) is 3.74. The molecule has 1 atom stereocenters. The maximum atomic E-state index is 5.39. The molecule has 1 saturated heterocycles. The van der Waals surface area contributed by atoms with E-state index in [2.05, 4.69) is 47.3 Å². The lowest BCUT2D eigenvalue weighted by atomic mass is 10.1. The first kappa shape index (κ1) is 24.3. The molecule has 1 heterocycles. The van der Waals surface area contributed by atoms with Crippen molar-refractivity contribution in [1.29, 1.82) is 0 Å². The molecule has 1 aliphatic rings. The largest absolute Gasteiger partial charge is 0.493 e. The molecule has 0 bridgehead atoms. The summed E-state index contributed by atoms with van der Waals surface area (Å²) in [4.78, 5) is 9.91. The van der Waals surface area contributed by atoms with E-state index in [9.17, 15) is 0 Å². The molecule has 170 valence electrons. The van der Waals surface area contributed by atoms with Crippen molar-refractivity contribution in [2.24, 2.45) is 10.9 Å². The molecule has 2 N–H and O–H groups in total. The van der Waals surface area contributed by atoms with Gasteiger partial charge in [0, 0.05) is 52.4 Å². The van der Waals surface area contributed by atoms with Crippen LogP contribution < -0.4 is 20.1 Å². The van der Waals surface area contributed by atoms with Gasteiger partial charge in [0.15, 0.2) is 17.5 Å². The quantitative estimate of drug-likeness (QED) is 0.423. The number of hydrogen-bond acceptors (Lipinski definition) is 5. The Morgan fingerprint density at radius 2 is 1.73 bits per heavy atom. The Bertz CT molecular complexity index is 644. The van der Waals surface area contributed by atoms with Crippen molar-refractivity contribution in [3.63, 3.8) is 0 Å². The maximum Gasteiger partial charge on any atom is 0.191 e. The molecule has 30 heavy (non-hydrogen) atoms. The standard InChI is InChI=1S/C23H41N5O2/c1-6-24-23(25-11-10-20-8-9-21(29-4)22(16-20)30-5)26-17-19(3)18-28-14-12-27(7-2)13-15-28/h8-9,16,19H,6-7,10-15,17-18H2,1-5H3,(H2,24,25,26). The monoisotopic (exact) mass is 419 g/mol. The number of benzene rings is 1. The van der Waals surface area contributed by atoms with Crippen LogP contribution in [0.5, 0.6) is 11.5 Å². The fourth-order valence-corrected chi connectivity index (χ4v) is 3.74. The summed E-state index contributed by atoms with van der Waals surface area (Å²) in [5.41, 5.74) is 1.20. The first-order valence-electron chi connectivity index (χ1n) is 11.3. The second-order valence-corrected chi connectivity index (χ2v) is 7.93. The lowest BCUT2D eigenvalue weighted by molar-refractivity contribution is 0.125. The summed E-state index contributed by atoms with van der Waals surface area (Å²) in [6.45, 7) is 16.1. The smallest absolute Gasteiger partial charge is 0.191 e. The van der Waals surface area contributed by atoms with Gasteiger partial charge in [0.1, 0.15) is 0 Å². The molecule has 1 unspecified atom stereocenters. The van der Waals surface area contributed by atoms with Crippen LogP contribution in [0.3, 0.4) is 0 Å². The zero-order valence-electron chi connectivity index (χ0n) is 19.5. The Morgan fingerprint density at radius 1 is 1.03 bits per heavy atom. The van der Waals surface area contributed by atoms with Crippen LogP contribution in [0.25, 0.3) is 0 Å². The number of rotatable bonds is 11. The molecule has 0 aromatic heterocycles. The molecule has 2 rings (SSSR count). The van der Waals surface area contributed by atoms with Crippen LogP contribution in [0.1, 0.15) is 26.3 Å². The summed E-state index contributed by atoms with van der Waals surface area (Å²) in [7, 11) is 3.32. The minimum atomic E-state index is 0.541. The number of hydrogen-bond donors (Lipinski definition) is 2. The Labute approximate surface area is 182 Å². The molecular weight excluding hydrogens is 378 g/mol. The van der Waals surface area contributed by atoms with Gasteiger partial charge in [0.2, 0.25) is 0 Å². The number of nitrogens with one attached hydrogen (secondary N) is 2. The van der Waals surface area contributed by atoms with Gasteiger partial charge in [-0.3, -0.25) is 4.99 Å². The van der Waals surface area contributed by atoms with E-state index in [4.69, 9.17) is 14.5 Å². The van der Waals surface area contributed by atoms with E-state index in [1.165, 1.54) is 31.7 Å². The number of nitrogens with zero attached hydrogens (tertiary/aromatic N) is 3. The maximum absolute atomic E-state index is 5.39. The highest BCUT2D eigenvalue weighted by Crippen LogP contribution is 2.27. The first-order valence-corrected chi connectivity index (χ1v) is 11.3. The number of likely N-dealkylation sites (N-methyl/N-ethyl adjacent to an activating group) is 1. The molecule has 0 radical (unpaired) electrons. The van der Waals surface area contributed by atoms with Crippen molar-refractivity contribution in [2.75, 3.05) is 73.1 Å². The van der Waals surface area contributed by atoms with Crippen molar-refractivity contribution in [2.45, 2.75) is 27.2 Å². The minimum absolute atomic E-state index is 0.541. The van der Waals surface area contributed by atoms with E-state index < -0.39 is 0 Å². The van der Waals surface area contributed by atoms with Crippen molar-refractivity contribution < 1.29 is 9.47 Å². The average Bonchev–Trinajstić information content (AvgIpc) is 2.77. The highest BCUT2D eigenvalue weighted by molar-refractivity contribution is 5.79. The third-order valence-corrected chi connectivity index (χ3v) is 5.54. The Hall–Kier alpha value is -1.99. The van der Waals surface area contributed by atoms with E-state index in [-0.39, 0.29) is 0 Å². The molecule has 0 amide bonds. The molecule has 1 aromatic carbocycles. The third-order valence-electron chi connectivity index (χ3n) is 5.54. The summed E-state index contributed by atoms with van der Waals surface area (Å²) in [6, 6.07) is 6.06. The first-order chi connectivity index (χ1) is 14.6. The van der Waals surface area contributed by atoms with E-state index in [1.54, 1.807) is 14.2 Å². The van der Waals surface area contributed by atoms with Crippen LogP contribution >= 0.6 is 0 Å². The zero-order chi connectivity index (χ0) is 21.8. The van der Waals surface area contributed by atoms with Gasteiger partial charge in [0.05, 0.1) is 14.2 Å². The van der Waals surface area contributed by atoms with Crippen LogP contribution in [0.2, 0.25) is 0 Å². The van der Waals surface area contributed by atoms with Crippen molar-refractivity contribution in [1.82, 2.24) is 20.4 Å². The predicted molar refractivity (Wildman–Crippen MR) is 125 cm³/mol. The third kappa shape index (κ3) is 8.03. The number of ether oxygens (including phenoxy) is 2. The average molecular weight is 420 g/mol. The number of methoxy groups -OCH3 is 2. The minimum Gasteiger partial charge on any atom is -0.493 e. The molecule has 1 aliphatic heterocycles. The van der Waals surface area contributed by atoms with Gasteiger partial charge in [-0.05, 0) is 43.5 Å². The number of piperazine rings is 1. The fraction of sp³-hybridized carbons (Fsp3) is 0.696.